The number of aryl methyl sites for hydroxylation is 1. The lowest BCUT2D eigenvalue weighted by Gasteiger charge is -2.47. The van der Waals surface area contributed by atoms with E-state index in [2.05, 4.69) is 41.3 Å². The van der Waals surface area contributed by atoms with Crippen molar-refractivity contribution in [3.05, 3.63) is 65.1 Å². The van der Waals surface area contributed by atoms with E-state index in [-0.39, 0.29) is 17.7 Å². The third-order valence-electron chi connectivity index (χ3n) is 7.07. The predicted octanol–water partition coefficient (Wildman–Crippen LogP) is 4.44. The van der Waals surface area contributed by atoms with Gasteiger partial charge in [0.2, 0.25) is 0 Å². The summed E-state index contributed by atoms with van der Waals surface area (Å²) >= 11 is 0. The molecule has 5 heteroatoms. The molecule has 0 bridgehead atoms. The summed E-state index contributed by atoms with van der Waals surface area (Å²) in [6, 6.07) is 10.7. The van der Waals surface area contributed by atoms with E-state index < -0.39 is 0 Å². The Kier molecular flexibility index (Phi) is 5.77. The van der Waals surface area contributed by atoms with Crippen LogP contribution in [0, 0.1) is 5.92 Å². The second kappa shape index (κ2) is 8.83. The van der Waals surface area contributed by atoms with Gasteiger partial charge in [0, 0.05) is 45.1 Å². The molecule has 0 radical (unpaired) electrons. The standard InChI is InChI=1S/C26H30N2O3/c29-23-11-4-12-24-25(23)21(18-31-24)26(30)28-15-6-10-20-17-27(16-13-22(20)28)14-5-9-19-7-2-1-3-8-19/h1-3,5,7-9,18,20,22H,4,6,10-17H2/b9-5+/t20-,22-/m1/s1. The summed E-state index contributed by atoms with van der Waals surface area (Å²) in [6.45, 7) is 3.74. The van der Waals surface area contributed by atoms with E-state index >= 15 is 0 Å². The molecular formula is C26H30N2O3. The molecule has 0 saturated carbocycles. The Morgan fingerprint density at radius 1 is 1.10 bits per heavy atom. The van der Waals surface area contributed by atoms with Crippen LogP contribution in [0.3, 0.4) is 0 Å². The van der Waals surface area contributed by atoms with E-state index in [1.807, 2.05) is 11.0 Å². The highest BCUT2D eigenvalue weighted by molar-refractivity contribution is 6.09. The highest BCUT2D eigenvalue weighted by Gasteiger charge is 2.40. The highest BCUT2D eigenvalue weighted by atomic mass is 16.3. The number of rotatable bonds is 4. The molecular weight excluding hydrogens is 388 g/mol. The van der Waals surface area contributed by atoms with E-state index in [0.717, 1.165) is 58.3 Å². The topological polar surface area (TPSA) is 53.8 Å². The second-order valence-electron chi connectivity index (χ2n) is 9.05. The van der Waals surface area contributed by atoms with Gasteiger partial charge in [-0.25, -0.2) is 0 Å². The molecule has 3 aliphatic rings. The molecule has 1 aliphatic carbocycles. The zero-order valence-corrected chi connectivity index (χ0v) is 18.0. The molecule has 31 heavy (non-hydrogen) atoms. The van der Waals surface area contributed by atoms with Gasteiger partial charge < -0.3 is 9.32 Å². The minimum Gasteiger partial charge on any atom is -0.468 e. The van der Waals surface area contributed by atoms with E-state index in [9.17, 15) is 9.59 Å². The van der Waals surface area contributed by atoms with Crippen molar-refractivity contribution in [3.8, 4) is 0 Å². The van der Waals surface area contributed by atoms with Crippen LogP contribution in [-0.2, 0) is 6.42 Å². The number of furan rings is 1. The fraction of sp³-hybridized carbons (Fsp3) is 0.462. The summed E-state index contributed by atoms with van der Waals surface area (Å²) in [5.74, 6) is 1.25. The van der Waals surface area contributed by atoms with Gasteiger partial charge in [0.1, 0.15) is 12.0 Å². The summed E-state index contributed by atoms with van der Waals surface area (Å²) in [7, 11) is 0. The average Bonchev–Trinajstić information content (AvgIpc) is 3.24. The lowest BCUT2D eigenvalue weighted by Crippen LogP contribution is -2.55. The summed E-state index contributed by atoms with van der Waals surface area (Å²) in [4.78, 5) is 30.4. The number of piperidine rings is 2. The van der Waals surface area contributed by atoms with Gasteiger partial charge in [0.05, 0.1) is 11.1 Å². The van der Waals surface area contributed by atoms with Crippen LogP contribution in [0.5, 0.6) is 0 Å². The van der Waals surface area contributed by atoms with E-state index in [1.54, 1.807) is 0 Å². The molecule has 2 aliphatic heterocycles. The quantitative estimate of drug-likeness (QED) is 0.737. The lowest BCUT2D eigenvalue weighted by atomic mass is 9.83. The van der Waals surface area contributed by atoms with Crippen LogP contribution < -0.4 is 0 Å². The van der Waals surface area contributed by atoms with Gasteiger partial charge in [0.15, 0.2) is 5.78 Å². The van der Waals surface area contributed by atoms with Gasteiger partial charge in [-0.1, -0.05) is 42.5 Å². The first-order valence-corrected chi connectivity index (χ1v) is 11.6. The van der Waals surface area contributed by atoms with Crippen molar-refractivity contribution >= 4 is 17.8 Å². The largest absolute Gasteiger partial charge is 0.468 e. The number of likely N-dealkylation sites (tertiary alicyclic amines) is 2. The number of hydrogen-bond donors (Lipinski definition) is 0. The third-order valence-corrected chi connectivity index (χ3v) is 7.07. The molecule has 162 valence electrons. The minimum atomic E-state index is -0.00706. The lowest BCUT2D eigenvalue weighted by molar-refractivity contribution is 0.0225. The fourth-order valence-electron chi connectivity index (χ4n) is 5.53. The zero-order chi connectivity index (χ0) is 21.2. The molecule has 5 rings (SSSR count). The number of ketones is 1. The first kappa shape index (κ1) is 20.3. The summed E-state index contributed by atoms with van der Waals surface area (Å²) in [5.41, 5.74) is 2.28. The van der Waals surface area contributed by atoms with Gasteiger partial charge in [-0.3, -0.25) is 14.5 Å². The number of hydrogen-bond acceptors (Lipinski definition) is 4. The SMILES string of the molecule is O=C1CCCc2occ(C(=O)N3CCC[C@@H]4CN(C/C=C/c5ccccc5)CC[C@H]43)c21. The van der Waals surface area contributed by atoms with Crippen LogP contribution >= 0.6 is 0 Å². The smallest absolute Gasteiger partial charge is 0.258 e. The molecule has 2 atom stereocenters. The molecule has 0 N–H and O–H groups in total. The Morgan fingerprint density at radius 2 is 1.97 bits per heavy atom. The van der Waals surface area contributed by atoms with Crippen molar-refractivity contribution in [1.82, 2.24) is 9.80 Å². The molecule has 5 nitrogen and oxygen atoms in total. The molecule has 1 amide bonds. The molecule has 1 aromatic carbocycles. The van der Waals surface area contributed by atoms with Crippen LogP contribution in [0.15, 0.2) is 47.1 Å². The normalized spacial score (nSPS) is 24.3. The van der Waals surface area contributed by atoms with Crippen LogP contribution in [0.4, 0.5) is 0 Å². The molecule has 2 aromatic rings. The highest BCUT2D eigenvalue weighted by Crippen LogP contribution is 2.34. The van der Waals surface area contributed by atoms with Crippen LogP contribution in [0.25, 0.3) is 6.08 Å². The number of carbonyl (C=O) groups excluding carboxylic acids is 2. The average molecular weight is 419 g/mol. The fourth-order valence-corrected chi connectivity index (χ4v) is 5.53. The summed E-state index contributed by atoms with van der Waals surface area (Å²) in [6.07, 6.45) is 11.2. The van der Waals surface area contributed by atoms with Gasteiger partial charge >= 0.3 is 0 Å². The molecule has 2 fully saturated rings. The van der Waals surface area contributed by atoms with Crippen molar-refractivity contribution in [1.29, 1.82) is 0 Å². The first-order valence-electron chi connectivity index (χ1n) is 11.6. The van der Waals surface area contributed by atoms with Crippen LogP contribution in [0.1, 0.15) is 64.1 Å². The minimum absolute atomic E-state index is 0.00706. The molecule has 2 saturated heterocycles. The van der Waals surface area contributed by atoms with Gasteiger partial charge in [-0.2, -0.15) is 0 Å². The molecule has 0 spiro atoms. The number of benzene rings is 1. The Morgan fingerprint density at radius 3 is 2.84 bits per heavy atom. The predicted molar refractivity (Wildman–Crippen MR) is 120 cm³/mol. The Labute approximate surface area is 183 Å². The third kappa shape index (κ3) is 4.11. The van der Waals surface area contributed by atoms with Gasteiger partial charge in [-0.05, 0) is 37.2 Å². The van der Waals surface area contributed by atoms with Crippen molar-refractivity contribution < 1.29 is 14.0 Å². The number of carbonyl (C=O) groups is 2. The number of fused-ring (bicyclic) bond motifs is 2. The van der Waals surface area contributed by atoms with Crippen molar-refractivity contribution in [2.24, 2.45) is 5.92 Å². The maximum absolute atomic E-state index is 13.4. The van der Waals surface area contributed by atoms with E-state index in [4.69, 9.17) is 4.42 Å². The van der Waals surface area contributed by atoms with Crippen LogP contribution in [0.2, 0.25) is 0 Å². The first-order chi connectivity index (χ1) is 15.2. The van der Waals surface area contributed by atoms with Gasteiger partial charge in [0.25, 0.3) is 5.91 Å². The molecule has 1 aromatic heterocycles. The van der Waals surface area contributed by atoms with E-state index in [0.29, 0.717) is 29.2 Å². The number of Topliss-reactive ketones (excluding diaryl/α,β-unsaturated/α-hetero) is 1. The maximum Gasteiger partial charge on any atom is 0.258 e. The van der Waals surface area contributed by atoms with E-state index in [1.165, 1.54) is 11.8 Å². The van der Waals surface area contributed by atoms with Crippen molar-refractivity contribution in [2.45, 2.75) is 44.6 Å². The van der Waals surface area contributed by atoms with Crippen molar-refractivity contribution in [2.75, 3.05) is 26.2 Å². The van der Waals surface area contributed by atoms with Gasteiger partial charge in [-0.15, -0.1) is 0 Å². The Balaban J connectivity index is 1.25. The second-order valence-corrected chi connectivity index (χ2v) is 9.05. The molecule has 3 heterocycles. The number of nitrogens with zero attached hydrogens (tertiary/aromatic N) is 2. The maximum atomic E-state index is 13.4. The van der Waals surface area contributed by atoms with Crippen LogP contribution in [-0.4, -0.2) is 53.7 Å². The molecule has 0 unspecified atom stereocenters. The Bertz CT molecular complexity index is 978. The zero-order valence-electron chi connectivity index (χ0n) is 18.0. The number of amides is 1. The Hall–Kier alpha value is -2.66. The van der Waals surface area contributed by atoms with Crippen molar-refractivity contribution in [3.63, 3.8) is 0 Å². The monoisotopic (exact) mass is 418 g/mol. The summed E-state index contributed by atoms with van der Waals surface area (Å²) < 4.78 is 5.62. The summed E-state index contributed by atoms with van der Waals surface area (Å²) in [5, 5.41) is 0.